The van der Waals surface area contributed by atoms with E-state index in [0.717, 1.165) is 31.5 Å². The Morgan fingerprint density at radius 2 is 1.84 bits per heavy atom. The van der Waals surface area contributed by atoms with Crippen LogP contribution in [0.4, 0.5) is 0 Å². The van der Waals surface area contributed by atoms with Crippen LogP contribution in [0.5, 0.6) is 0 Å². The molecule has 0 bridgehead atoms. The minimum Gasteiger partial charge on any atom is -0.389 e. The van der Waals surface area contributed by atoms with Crippen molar-refractivity contribution in [2.75, 3.05) is 33.2 Å². The third-order valence-electron chi connectivity index (χ3n) is 6.50. The van der Waals surface area contributed by atoms with E-state index in [0.29, 0.717) is 23.9 Å². The van der Waals surface area contributed by atoms with Gasteiger partial charge in [0.1, 0.15) is 6.54 Å². The van der Waals surface area contributed by atoms with E-state index >= 15 is 0 Å². The predicted molar refractivity (Wildman–Crippen MR) is 118 cm³/mol. The smallest absolute Gasteiger partial charge is 0.246 e. The van der Waals surface area contributed by atoms with E-state index in [1.165, 1.54) is 4.80 Å². The molecule has 1 N–H and O–H groups in total. The minimum atomic E-state index is -0.638. The molecular formula is C21H28ClN7O3. The number of aliphatic hydroxyl groups is 1. The summed E-state index contributed by atoms with van der Waals surface area (Å²) in [6, 6.07) is 6.80. The number of aromatic nitrogens is 4. The first kappa shape index (κ1) is 22.6. The van der Waals surface area contributed by atoms with Crippen molar-refractivity contribution in [3.63, 3.8) is 0 Å². The molecule has 11 heteroatoms. The topological polar surface area (TPSA) is 108 Å². The van der Waals surface area contributed by atoms with E-state index in [1.54, 1.807) is 43.1 Å². The quantitative estimate of drug-likeness (QED) is 0.691. The van der Waals surface area contributed by atoms with Gasteiger partial charge in [0.25, 0.3) is 0 Å². The third kappa shape index (κ3) is 4.77. The second-order valence-electron chi connectivity index (χ2n) is 8.40. The number of carbonyl (C=O) groups excluding carboxylic acids is 2. The molecule has 2 heterocycles. The number of piperazine rings is 1. The molecule has 2 aliphatic rings. The highest BCUT2D eigenvalue weighted by Crippen LogP contribution is 2.29. The van der Waals surface area contributed by atoms with Gasteiger partial charge in [-0.1, -0.05) is 11.6 Å². The Kier molecular flexibility index (Phi) is 6.73. The van der Waals surface area contributed by atoms with Crippen molar-refractivity contribution >= 4 is 23.4 Å². The third-order valence-corrected chi connectivity index (χ3v) is 6.75. The van der Waals surface area contributed by atoms with Gasteiger partial charge in [0.15, 0.2) is 0 Å². The summed E-state index contributed by atoms with van der Waals surface area (Å²) in [6.07, 6.45) is 0.898. The van der Waals surface area contributed by atoms with E-state index < -0.39 is 6.10 Å². The number of likely N-dealkylation sites (N-methyl/N-ethyl adjacent to an activating group) is 1. The summed E-state index contributed by atoms with van der Waals surface area (Å²) in [7, 11) is 1.71. The van der Waals surface area contributed by atoms with Crippen molar-refractivity contribution < 1.29 is 14.7 Å². The molecule has 172 valence electrons. The van der Waals surface area contributed by atoms with Gasteiger partial charge in [0.05, 0.1) is 12.1 Å². The van der Waals surface area contributed by atoms with E-state index in [-0.39, 0.29) is 30.4 Å². The van der Waals surface area contributed by atoms with Gasteiger partial charge in [0.2, 0.25) is 17.6 Å². The lowest BCUT2D eigenvalue weighted by Gasteiger charge is -2.39. The molecule has 1 aliphatic carbocycles. The van der Waals surface area contributed by atoms with Crippen LogP contribution in [0, 0.1) is 0 Å². The summed E-state index contributed by atoms with van der Waals surface area (Å²) < 4.78 is 0. The fourth-order valence-corrected chi connectivity index (χ4v) is 4.70. The minimum absolute atomic E-state index is 0.00893. The van der Waals surface area contributed by atoms with Gasteiger partial charge in [0, 0.05) is 56.8 Å². The van der Waals surface area contributed by atoms with Crippen LogP contribution in [-0.2, 0) is 16.1 Å². The molecule has 1 saturated carbocycles. The summed E-state index contributed by atoms with van der Waals surface area (Å²) >= 11 is 5.91. The van der Waals surface area contributed by atoms with Crippen LogP contribution in [0.15, 0.2) is 24.3 Å². The SMILES string of the molecule is CC(=O)N1CCN([C@@H]2CC[C@@H](N(C)C(=O)Cn3nnc(-c4ccc(Cl)cc4)n3)[C@H]2O)CC1. The largest absolute Gasteiger partial charge is 0.389 e. The van der Waals surface area contributed by atoms with Crippen molar-refractivity contribution in [1.29, 1.82) is 0 Å². The molecule has 32 heavy (non-hydrogen) atoms. The number of hydrogen-bond acceptors (Lipinski definition) is 7. The Hall–Kier alpha value is -2.56. The van der Waals surface area contributed by atoms with E-state index in [4.69, 9.17) is 11.6 Å². The fraction of sp³-hybridized carbons (Fsp3) is 0.571. The molecule has 3 atom stereocenters. The molecule has 10 nitrogen and oxygen atoms in total. The normalized spacial score (nSPS) is 24.0. The van der Waals surface area contributed by atoms with Gasteiger partial charge in [-0.25, -0.2) is 0 Å². The zero-order valence-corrected chi connectivity index (χ0v) is 19.0. The second-order valence-corrected chi connectivity index (χ2v) is 8.84. The Morgan fingerprint density at radius 1 is 1.16 bits per heavy atom. The highest BCUT2D eigenvalue weighted by atomic mass is 35.5. The number of tetrazole rings is 1. The molecule has 1 aliphatic heterocycles. The first-order valence-electron chi connectivity index (χ1n) is 10.8. The lowest BCUT2D eigenvalue weighted by atomic mass is 10.1. The lowest BCUT2D eigenvalue weighted by Crippen LogP contribution is -2.55. The van der Waals surface area contributed by atoms with Crippen molar-refractivity contribution in [2.24, 2.45) is 0 Å². The number of carbonyl (C=O) groups is 2. The van der Waals surface area contributed by atoms with Gasteiger partial charge in [-0.15, -0.1) is 10.2 Å². The van der Waals surface area contributed by atoms with Crippen LogP contribution in [0.1, 0.15) is 19.8 Å². The van der Waals surface area contributed by atoms with Crippen molar-refractivity contribution in [1.82, 2.24) is 34.9 Å². The maximum absolute atomic E-state index is 12.8. The van der Waals surface area contributed by atoms with Gasteiger partial charge >= 0.3 is 0 Å². The average Bonchev–Trinajstić information content (AvgIpc) is 3.40. The van der Waals surface area contributed by atoms with E-state index in [9.17, 15) is 14.7 Å². The maximum Gasteiger partial charge on any atom is 0.246 e. The van der Waals surface area contributed by atoms with Crippen LogP contribution in [-0.4, -0.2) is 103 Å². The predicted octanol–water partition coefficient (Wildman–Crippen LogP) is 0.508. The van der Waals surface area contributed by atoms with Gasteiger partial charge < -0.3 is 14.9 Å². The van der Waals surface area contributed by atoms with Crippen molar-refractivity contribution in [3.05, 3.63) is 29.3 Å². The molecule has 1 aromatic heterocycles. The highest BCUT2D eigenvalue weighted by molar-refractivity contribution is 6.30. The van der Waals surface area contributed by atoms with Crippen LogP contribution in [0.25, 0.3) is 11.4 Å². The van der Waals surface area contributed by atoms with Crippen LogP contribution < -0.4 is 0 Å². The molecule has 2 aromatic rings. The fourth-order valence-electron chi connectivity index (χ4n) is 4.57. The first-order valence-corrected chi connectivity index (χ1v) is 11.2. The molecule has 1 saturated heterocycles. The van der Waals surface area contributed by atoms with Crippen LogP contribution in [0.3, 0.4) is 0 Å². The lowest BCUT2D eigenvalue weighted by molar-refractivity contribution is -0.136. The average molecular weight is 462 g/mol. The molecular weight excluding hydrogens is 434 g/mol. The van der Waals surface area contributed by atoms with E-state index in [1.807, 2.05) is 4.90 Å². The Balaban J connectivity index is 1.33. The summed E-state index contributed by atoms with van der Waals surface area (Å²) in [6.45, 7) is 4.35. The van der Waals surface area contributed by atoms with Crippen molar-refractivity contribution in [2.45, 2.75) is 44.5 Å². The Morgan fingerprint density at radius 3 is 2.50 bits per heavy atom. The second kappa shape index (κ2) is 9.51. The zero-order chi connectivity index (χ0) is 22.8. The summed E-state index contributed by atoms with van der Waals surface area (Å²) in [5.41, 5.74) is 0.764. The molecule has 0 unspecified atom stereocenters. The summed E-state index contributed by atoms with van der Waals surface area (Å²) in [4.78, 5) is 31.3. The number of halogens is 1. The van der Waals surface area contributed by atoms with E-state index in [2.05, 4.69) is 20.3 Å². The number of aliphatic hydroxyl groups excluding tert-OH is 1. The molecule has 0 spiro atoms. The Labute approximate surface area is 191 Å². The number of rotatable bonds is 5. The highest BCUT2D eigenvalue weighted by Gasteiger charge is 2.42. The van der Waals surface area contributed by atoms with Crippen molar-refractivity contribution in [3.8, 4) is 11.4 Å². The van der Waals surface area contributed by atoms with Crippen LogP contribution in [0.2, 0.25) is 5.02 Å². The number of hydrogen-bond donors (Lipinski definition) is 1. The summed E-state index contributed by atoms with van der Waals surface area (Å²) in [5.74, 6) is 0.319. The van der Waals surface area contributed by atoms with Gasteiger partial charge in [-0.3, -0.25) is 14.5 Å². The molecule has 4 rings (SSSR count). The molecule has 0 radical (unpaired) electrons. The monoisotopic (exact) mass is 461 g/mol. The standard InChI is InChI=1S/C21H28ClN7O3/c1-14(30)27-9-11-28(12-10-27)18-8-7-17(20(18)32)26(2)19(31)13-29-24-21(23-25-29)15-3-5-16(22)6-4-15/h3-6,17-18,20,32H,7-13H2,1-2H3/t17-,18-,20-/m1/s1. The molecule has 2 amide bonds. The Bertz CT molecular complexity index is 959. The van der Waals surface area contributed by atoms with Gasteiger partial charge in [-0.05, 0) is 42.3 Å². The molecule has 1 aromatic carbocycles. The number of amides is 2. The van der Waals surface area contributed by atoms with Gasteiger partial charge in [-0.2, -0.15) is 4.80 Å². The maximum atomic E-state index is 12.8. The molecule has 2 fully saturated rings. The summed E-state index contributed by atoms with van der Waals surface area (Å²) in [5, 5.41) is 23.9. The number of benzene rings is 1. The van der Waals surface area contributed by atoms with Crippen LogP contribution >= 0.6 is 11.6 Å². The zero-order valence-electron chi connectivity index (χ0n) is 18.3. The number of nitrogens with zero attached hydrogens (tertiary/aromatic N) is 7. The first-order chi connectivity index (χ1) is 15.3.